The SMILES string of the molecule is CC(=O)[C@@H]1[C@H]2CC(C)(CCC(=O)N3C[C@H](Cl)C[C@H]3C(C)=O)O[C@H]2CN1C(C)=O. The molecule has 2 amide bonds. The third kappa shape index (κ3) is 3.96. The number of likely N-dealkylation sites (tertiary alicyclic amines) is 2. The molecule has 0 spiro atoms. The molecule has 0 aromatic rings. The average Bonchev–Trinajstić information content (AvgIpc) is 3.22. The van der Waals surface area contributed by atoms with Crippen molar-refractivity contribution in [1.29, 1.82) is 0 Å². The van der Waals surface area contributed by atoms with E-state index < -0.39 is 17.7 Å². The van der Waals surface area contributed by atoms with Gasteiger partial charge in [-0.15, -0.1) is 11.6 Å². The van der Waals surface area contributed by atoms with Crippen molar-refractivity contribution >= 4 is 35.0 Å². The van der Waals surface area contributed by atoms with E-state index in [-0.39, 0.29) is 47.2 Å². The molecule has 0 bridgehead atoms. The third-order valence-corrected chi connectivity index (χ3v) is 6.74. The highest BCUT2D eigenvalue weighted by Gasteiger charge is 2.55. The van der Waals surface area contributed by atoms with Crippen molar-refractivity contribution in [3.05, 3.63) is 0 Å². The second kappa shape index (κ2) is 7.75. The van der Waals surface area contributed by atoms with Crippen molar-refractivity contribution in [2.75, 3.05) is 13.1 Å². The first kappa shape index (κ1) is 21.2. The summed E-state index contributed by atoms with van der Waals surface area (Å²) in [6.45, 7) is 7.25. The highest BCUT2D eigenvalue weighted by Crippen LogP contribution is 2.45. The number of halogens is 1. The number of Topliss-reactive ketones (excluding diaryl/α,β-unsaturated/α-hetero) is 2. The number of hydrogen-bond donors (Lipinski definition) is 0. The van der Waals surface area contributed by atoms with Gasteiger partial charge in [0.25, 0.3) is 0 Å². The van der Waals surface area contributed by atoms with E-state index in [1.54, 1.807) is 9.80 Å². The molecule has 3 fully saturated rings. The van der Waals surface area contributed by atoms with E-state index in [0.29, 0.717) is 32.4 Å². The lowest BCUT2D eigenvalue weighted by Gasteiger charge is -2.30. The molecule has 156 valence electrons. The number of amides is 2. The van der Waals surface area contributed by atoms with Crippen LogP contribution in [0, 0.1) is 5.92 Å². The zero-order valence-electron chi connectivity index (χ0n) is 16.9. The fourth-order valence-corrected chi connectivity index (χ4v) is 5.44. The van der Waals surface area contributed by atoms with Gasteiger partial charge in [-0.25, -0.2) is 0 Å². The highest BCUT2D eigenvalue weighted by atomic mass is 35.5. The maximum Gasteiger partial charge on any atom is 0.223 e. The van der Waals surface area contributed by atoms with E-state index in [1.807, 2.05) is 6.92 Å². The number of fused-ring (bicyclic) bond motifs is 1. The lowest BCUT2D eigenvalue weighted by molar-refractivity contribution is -0.139. The number of alkyl halides is 1. The number of ether oxygens (including phenoxy) is 1. The van der Waals surface area contributed by atoms with Crippen LogP contribution < -0.4 is 0 Å². The molecule has 0 aromatic heterocycles. The molecule has 0 N–H and O–H groups in total. The van der Waals surface area contributed by atoms with Crippen LogP contribution in [0.25, 0.3) is 0 Å². The normalized spacial score (nSPS) is 37.2. The Morgan fingerprint density at radius 3 is 2.32 bits per heavy atom. The van der Waals surface area contributed by atoms with E-state index in [0.717, 1.165) is 0 Å². The Morgan fingerprint density at radius 2 is 1.75 bits per heavy atom. The van der Waals surface area contributed by atoms with Crippen LogP contribution in [0.15, 0.2) is 0 Å². The van der Waals surface area contributed by atoms with E-state index in [4.69, 9.17) is 16.3 Å². The van der Waals surface area contributed by atoms with Crippen LogP contribution in [0.2, 0.25) is 0 Å². The standard InChI is InChI=1S/C20H29ClN2O5/c1-11(24)16-7-14(21)9-23(16)18(27)5-6-20(4)8-15-17(28-20)10-22(13(3)26)19(15)12(2)25/h14-17,19H,5-10H2,1-4H3/t14-,15+,16+,17+,19-,20?/m1/s1. The van der Waals surface area contributed by atoms with Crippen LogP contribution in [0.3, 0.4) is 0 Å². The third-order valence-electron chi connectivity index (χ3n) is 6.43. The van der Waals surface area contributed by atoms with Crippen molar-refractivity contribution in [3.63, 3.8) is 0 Å². The Bertz CT molecular complexity index is 698. The number of carbonyl (C=O) groups excluding carboxylic acids is 4. The van der Waals surface area contributed by atoms with E-state index >= 15 is 0 Å². The molecule has 0 aliphatic carbocycles. The molecule has 0 aromatic carbocycles. The van der Waals surface area contributed by atoms with Gasteiger partial charge in [-0.05, 0) is 40.0 Å². The molecule has 3 heterocycles. The zero-order chi connectivity index (χ0) is 20.8. The largest absolute Gasteiger partial charge is 0.370 e. The van der Waals surface area contributed by atoms with E-state index in [9.17, 15) is 19.2 Å². The minimum Gasteiger partial charge on any atom is -0.370 e. The van der Waals surface area contributed by atoms with Crippen LogP contribution in [0.4, 0.5) is 0 Å². The van der Waals surface area contributed by atoms with Gasteiger partial charge in [-0.1, -0.05) is 0 Å². The molecule has 6 atom stereocenters. The van der Waals surface area contributed by atoms with Gasteiger partial charge in [0.2, 0.25) is 11.8 Å². The van der Waals surface area contributed by atoms with E-state index in [2.05, 4.69) is 0 Å². The molecule has 3 aliphatic heterocycles. The summed E-state index contributed by atoms with van der Waals surface area (Å²) in [6, 6.07) is -0.879. The molecular formula is C20H29ClN2O5. The Morgan fingerprint density at radius 1 is 1.07 bits per heavy atom. The van der Waals surface area contributed by atoms with Crippen LogP contribution in [-0.2, 0) is 23.9 Å². The fraction of sp³-hybridized carbons (Fsp3) is 0.800. The summed E-state index contributed by atoms with van der Waals surface area (Å²) in [5.74, 6) is -0.302. The van der Waals surface area contributed by atoms with Gasteiger partial charge < -0.3 is 14.5 Å². The smallest absolute Gasteiger partial charge is 0.223 e. The second-order valence-electron chi connectivity index (χ2n) is 8.71. The van der Waals surface area contributed by atoms with Gasteiger partial charge in [0.15, 0.2) is 11.6 Å². The molecule has 8 heteroatoms. The predicted molar refractivity (Wildman–Crippen MR) is 103 cm³/mol. The summed E-state index contributed by atoms with van der Waals surface area (Å²) in [7, 11) is 0. The Balaban J connectivity index is 1.62. The predicted octanol–water partition coefficient (Wildman–Crippen LogP) is 1.55. The van der Waals surface area contributed by atoms with Crippen molar-refractivity contribution in [2.45, 2.75) is 82.5 Å². The molecule has 7 nitrogen and oxygen atoms in total. The zero-order valence-corrected chi connectivity index (χ0v) is 17.7. The van der Waals surface area contributed by atoms with Crippen LogP contribution in [-0.4, -0.2) is 75.4 Å². The Hall–Kier alpha value is -1.47. The van der Waals surface area contributed by atoms with Crippen LogP contribution >= 0.6 is 11.6 Å². The minimum atomic E-state index is -0.520. The molecule has 0 saturated carbocycles. The van der Waals surface area contributed by atoms with Gasteiger partial charge in [0, 0.05) is 32.4 Å². The quantitative estimate of drug-likeness (QED) is 0.639. The van der Waals surface area contributed by atoms with Crippen molar-refractivity contribution in [3.8, 4) is 0 Å². The Labute approximate surface area is 170 Å². The molecule has 3 rings (SSSR count). The van der Waals surface area contributed by atoms with Crippen molar-refractivity contribution in [2.24, 2.45) is 5.92 Å². The molecular weight excluding hydrogens is 384 g/mol. The van der Waals surface area contributed by atoms with Crippen molar-refractivity contribution < 1.29 is 23.9 Å². The van der Waals surface area contributed by atoms with Crippen LogP contribution in [0.1, 0.15) is 53.4 Å². The van der Waals surface area contributed by atoms with Crippen molar-refractivity contribution in [1.82, 2.24) is 9.80 Å². The summed E-state index contributed by atoms with van der Waals surface area (Å²) in [4.78, 5) is 51.7. The first-order chi connectivity index (χ1) is 13.0. The first-order valence-electron chi connectivity index (χ1n) is 9.92. The number of rotatable bonds is 5. The fourth-order valence-electron chi connectivity index (χ4n) is 5.12. The topological polar surface area (TPSA) is 84.0 Å². The number of carbonyl (C=O) groups is 4. The number of hydrogen-bond acceptors (Lipinski definition) is 5. The molecule has 3 aliphatic rings. The maximum absolute atomic E-state index is 12.7. The lowest BCUT2D eigenvalue weighted by Crippen LogP contribution is -2.43. The molecule has 0 radical (unpaired) electrons. The van der Waals surface area contributed by atoms with Crippen LogP contribution in [0.5, 0.6) is 0 Å². The Kier molecular flexibility index (Phi) is 5.88. The summed E-state index contributed by atoms with van der Waals surface area (Å²) in [6.07, 6.45) is 1.73. The number of nitrogens with zero attached hydrogens (tertiary/aromatic N) is 2. The molecule has 28 heavy (non-hydrogen) atoms. The van der Waals surface area contributed by atoms with Gasteiger partial charge in [-0.3, -0.25) is 19.2 Å². The number of ketones is 2. The monoisotopic (exact) mass is 412 g/mol. The van der Waals surface area contributed by atoms with Gasteiger partial charge in [0.1, 0.15) is 0 Å². The minimum absolute atomic E-state index is 0.0267. The summed E-state index contributed by atoms with van der Waals surface area (Å²) in [5.41, 5.74) is -0.520. The highest BCUT2D eigenvalue weighted by molar-refractivity contribution is 6.21. The average molecular weight is 413 g/mol. The summed E-state index contributed by atoms with van der Waals surface area (Å²) in [5, 5.41) is -0.190. The molecule has 3 saturated heterocycles. The first-order valence-corrected chi connectivity index (χ1v) is 10.4. The van der Waals surface area contributed by atoms with E-state index in [1.165, 1.54) is 20.8 Å². The summed E-state index contributed by atoms with van der Waals surface area (Å²) >= 11 is 6.16. The molecule has 1 unspecified atom stereocenters. The van der Waals surface area contributed by atoms with Gasteiger partial charge in [0.05, 0.1) is 29.2 Å². The lowest BCUT2D eigenvalue weighted by atomic mass is 9.85. The maximum atomic E-state index is 12.7. The summed E-state index contributed by atoms with van der Waals surface area (Å²) < 4.78 is 6.23. The van der Waals surface area contributed by atoms with Gasteiger partial charge in [-0.2, -0.15) is 0 Å². The van der Waals surface area contributed by atoms with Gasteiger partial charge >= 0.3 is 0 Å². The second-order valence-corrected chi connectivity index (χ2v) is 9.32.